The summed E-state index contributed by atoms with van der Waals surface area (Å²) in [6, 6.07) is 14.5. The number of carbonyl (C=O) groups excluding carboxylic acids is 1. The Labute approximate surface area is 181 Å². The molecule has 0 N–H and O–H groups in total. The molecule has 30 heavy (non-hydrogen) atoms. The first-order chi connectivity index (χ1) is 14.4. The molecule has 3 heterocycles. The van der Waals surface area contributed by atoms with Crippen molar-refractivity contribution in [2.45, 2.75) is 11.5 Å². The van der Waals surface area contributed by atoms with E-state index in [9.17, 15) is 13.2 Å². The molecule has 0 radical (unpaired) electrons. The van der Waals surface area contributed by atoms with E-state index in [1.54, 1.807) is 18.2 Å². The van der Waals surface area contributed by atoms with E-state index >= 15 is 0 Å². The van der Waals surface area contributed by atoms with E-state index < -0.39 is 16.0 Å². The van der Waals surface area contributed by atoms with Crippen LogP contribution in [-0.2, 0) is 21.4 Å². The predicted molar refractivity (Wildman–Crippen MR) is 117 cm³/mol. The average molecular weight is 460 g/mol. The second-order valence-electron chi connectivity index (χ2n) is 6.80. The number of sulfonamides is 1. The number of rotatable bonds is 3. The number of pyridine rings is 1. The Kier molecular flexibility index (Phi) is 4.68. The van der Waals surface area contributed by atoms with Gasteiger partial charge in [0.25, 0.3) is 10.0 Å². The number of ether oxygens (including phenoxy) is 1. The molecule has 2 aromatic carbocycles. The zero-order chi connectivity index (χ0) is 20.9. The fraction of sp³-hybridized carbons (Fsp3) is 0.150. The Hall–Kier alpha value is -2.62. The molecule has 2 aliphatic heterocycles. The molecule has 0 spiro atoms. The third-order valence-corrected chi connectivity index (χ3v) is 7.45. The molecule has 0 bridgehead atoms. The lowest BCUT2D eigenvalue weighted by molar-refractivity contribution is 0.0472. The first kappa shape index (κ1) is 19.3. The topological polar surface area (TPSA) is 88.9 Å². The number of halogens is 1. The van der Waals surface area contributed by atoms with Crippen molar-refractivity contribution < 1.29 is 17.9 Å². The molecule has 0 saturated heterocycles. The van der Waals surface area contributed by atoms with Gasteiger partial charge >= 0.3 is 5.97 Å². The van der Waals surface area contributed by atoms with Gasteiger partial charge in [0.1, 0.15) is 11.8 Å². The molecule has 3 aromatic rings. The van der Waals surface area contributed by atoms with Gasteiger partial charge in [-0.1, -0.05) is 29.8 Å². The van der Waals surface area contributed by atoms with Crippen LogP contribution >= 0.6 is 23.4 Å². The van der Waals surface area contributed by atoms with E-state index in [4.69, 9.17) is 16.3 Å². The Morgan fingerprint density at radius 3 is 2.90 bits per heavy atom. The number of hydrogen-bond donors (Lipinski definition) is 0. The van der Waals surface area contributed by atoms with Crippen LogP contribution in [0.25, 0.3) is 10.9 Å². The molecule has 1 aromatic heterocycles. The standard InChI is InChI=1S/C20H14ClN3O4S2/c21-18-14(9-12-3-1-2-4-15(12)22-18)11-28-19(25)13-5-6-16-17(10-13)29-20-23-30(26,27)8-7-24(16)20/h1-6,9-10H,7-8,11H2. The van der Waals surface area contributed by atoms with Crippen molar-refractivity contribution in [3.63, 3.8) is 0 Å². The van der Waals surface area contributed by atoms with E-state index in [0.717, 1.165) is 21.5 Å². The van der Waals surface area contributed by atoms with Crippen molar-refractivity contribution in [1.29, 1.82) is 0 Å². The zero-order valence-electron chi connectivity index (χ0n) is 15.4. The van der Waals surface area contributed by atoms with Gasteiger partial charge in [-0.25, -0.2) is 18.2 Å². The fourth-order valence-electron chi connectivity index (χ4n) is 3.32. The van der Waals surface area contributed by atoms with Crippen LogP contribution in [0.2, 0.25) is 5.15 Å². The van der Waals surface area contributed by atoms with Crippen LogP contribution in [0.4, 0.5) is 5.69 Å². The first-order valence-corrected chi connectivity index (χ1v) is 11.8. The van der Waals surface area contributed by atoms with Gasteiger partial charge in [-0.15, -0.1) is 4.40 Å². The maximum Gasteiger partial charge on any atom is 0.338 e. The number of esters is 1. The van der Waals surface area contributed by atoms with Crippen LogP contribution in [0, 0.1) is 0 Å². The molecule has 152 valence electrons. The van der Waals surface area contributed by atoms with Crippen molar-refractivity contribution in [2.75, 3.05) is 17.2 Å². The number of para-hydroxylation sites is 1. The molecule has 0 saturated carbocycles. The van der Waals surface area contributed by atoms with Crippen LogP contribution in [-0.4, -0.2) is 36.8 Å². The monoisotopic (exact) mass is 459 g/mol. The summed E-state index contributed by atoms with van der Waals surface area (Å²) in [6.07, 6.45) is 0. The normalized spacial score (nSPS) is 16.7. The number of benzene rings is 2. The smallest absolute Gasteiger partial charge is 0.338 e. The predicted octanol–water partition coefficient (Wildman–Crippen LogP) is 3.86. The number of aromatic nitrogens is 1. The Balaban J connectivity index is 1.35. The van der Waals surface area contributed by atoms with Gasteiger partial charge in [0.05, 0.1) is 22.5 Å². The lowest BCUT2D eigenvalue weighted by atomic mass is 10.1. The summed E-state index contributed by atoms with van der Waals surface area (Å²) in [4.78, 5) is 19.5. The van der Waals surface area contributed by atoms with Crippen molar-refractivity contribution in [1.82, 2.24) is 4.98 Å². The molecule has 0 unspecified atom stereocenters. The van der Waals surface area contributed by atoms with Crippen LogP contribution in [0.15, 0.2) is 57.8 Å². The van der Waals surface area contributed by atoms with Crippen LogP contribution < -0.4 is 4.90 Å². The van der Waals surface area contributed by atoms with E-state index in [2.05, 4.69) is 9.38 Å². The quantitative estimate of drug-likeness (QED) is 0.434. The number of fused-ring (bicyclic) bond motifs is 4. The molecule has 0 aliphatic carbocycles. The summed E-state index contributed by atoms with van der Waals surface area (Å²) in [7, 11) is -3.42. The summed E-state index contributed by atoms with van der Waals surface area (Å²) >= 11 is 7.46. The van der Waals surface area contributed by atoms with Crippen molar-refractivity contribution in [3.05, 3.63) is 64.8 Å². The number of amidine groups is 1. The molecule has 10 heteroatoms. The number of anilines is 1. The number of carbonyl (C=O) groups is 1. The Morgan fingerprint density at radius 1 is 1.20 bits per heavy atom. The lowest BCUT2D eigenvalue weighted by Crippen LogP contribution is -2.35. The Morgan fingerprint density at radius 2 is 2.03 bits per heavy atom. The van der Waals surface area contributed by atoms with Gasteiger partial charge in [-0.3, -0.25) is 0 Å². The fourth-order valence-corrected chi connectivity index (χ4v) is 5.82. The minimum absolute atomic E-state index is 0.00317. The highest BCUT2D eigenvalue weighted by Gasteiger charge is 2.33. The SMILES string of the molecule is O=C(OCc1cc2ccccc2nc1Cl)c1ccc2c(c1)SC1=NS(=O)(=O)CCN12. The molecule has 0 atom stereocenters. The van der Waals surface area contributed by atoms with Crippen molar-refractivity contribution in [3.8, 4) is 0 Å². The van der Waals surface area contributed by atoms with E-state index in [0.29, 0.717) is 28.0 Å². The molecule has 5 rings (SSSR count). The highest BCUT2D eigenvalue weighted by molar-refractivity contribution is 8.15. The highest BCUT2D eigenvalue weighted by Crippen LogP contribution is 2.42. The van der Waals surface area contributed by atoms with Gasteiger partial charge in [-0.2, -0.15) is 0 Å². The number of thioether (sulfide) groups is 1. The van der Waals surface area contributed by atoms with Crippen molar-refractivity contribution in [2.24, 2.45) is 4.40 Å². The summed E-state index contributed by atoms with van der Waals surface area (Å²) in [6.45, 7) is 0.342. The van der Waals surface area contributed by atoms with Gasteiger partial charge in [0.2, 0.25) is 0 Å². The number of hydrogen-bond acceptors (Lipinski definition) is 7. The maximum atomic E-state index is 12.6. The molecule has 2 aliphatic rings. The van der Waals surface area contributed by atoms with E-state index in [1.165, 1.54) is 11.8 Å². The minimum Gasteiger partial charge on any atom is -0.457 e. The maximum absolute atomic E-state index is 12.6. The summed E-state index contributed by atoms with van der Waals surface area (Å²) in [5, 5.41) is 1.62. The van der Waals surface area contributed by atoms with E-state index in [-0.39, 0.29) is 12.4 Å². The third kappa shape index (κ3) is 3.53. The third-order valence-electron chi connectivity index (χ3n) is 4.82. The van der Waals surface area contributed by atoms with Crippen LogP contribution in [0.1, 0.15) is 15.9 Å². The number of nitrogens with zero attached hydrogens (tertiary/aromatic N) is 3. The average Bonchev–Trinajstić information content (AvgIpc) is 3.07. The summed E-state index contributed by atoms with van der Waals surface area (Å²) in [5.41, 5.74) is 2.60. The van der Waals surface area contributed by atoms with Gasteiger partial charge in [0.15, 0.2) is 5.17 Å². The summed E-state index contributed by atoms with van der Waals surface area (Å²) < 4.78 is 32.7. The second-order valence-corrected chi connectivity index (χ2v) is 9.93. The molecule has 0 fully saturated rings. The van der Waals surface area contributed by atoms with Gasteiger partial charge in [0, 0.05) is 22.4 Å². The summed E-state index contributed by atoms with van der Waals surface area (Å²) in [5.74, 6) is -0.525. The molecular weight excluding hydrogens is 446 g/mol. The van der Waals surface area contributed by atoms with Gasteiger partial charge < -0.3 is 9.64 Å². The minimum atomic E-state index is -3.42. The van der Waals surface area contributed by atoms with Crippen molar-refractivity contribution >= 4 is 61.1 Å². The molecular formula is C20H14ClN3O4S2. The lowest BCUT2D eigenvalue weighted by Gasteiger charge is -2.22. The first-order valence-electron chi connectivity index (χ1n) is 9.03. The molecule has 0 amide bonds. The van der Waals surface area contributed by atoms with E-state index in [1.807, 2.05) is 35.2 Å². The second kappa shape index (κ2) is 7.26. The molecule has 7 nitrogen and oxygen atoms in total. The van der Waals surface area contributed by atoms with Gasteiger partial charge in [-0.05, 0) is 42.1 Å². The van der Waals surface area contributed by atoms with Crippen LogP contribution in [0.3, 0.4) is 0 Å². The highest BCUT2D eigenvalue weighted by atomic mass is 35.5. The van der Waals surface area contributed by atoms with Crippen LogP contribution in [0.5, 0.6) is 0 Å². The Bertz CT molecular complexity index is 1340. The largest absolute Gasteiger partial charge is 0.457 e. The zero-order valence-corrected chi connectivity index (χ0v) is 17.8.